The zero-order valence-electron chi connectivity index (χ0n) is 14.0. The third-order valence-corrected chi connectivity index (χ3v) is 4.54. The average Bonchev–Trinajstić information content (AvgIpc) is 2.97. The number of hydrazine groups is 1. The van der Waals surface area contributed by atoms with Gasteiger partial charge in [-0.1, -0.05) is 18.2 Å². The van der Waals surface area contributed by atoms with Gasteiger partial charge in [-0.2, -0.15) is 0 Å². The van der Waals surface area contributed by atoms with Crippen LogP contribution in [0.25, 0.3) is 10.9 Å². The highest BCUT2D eigenvalue weighted by Gasteiger charge is 2.27. The Morgan fingerprint density at radius 2 is 1.96 bits per heavy atom. The van der Waals surface area contributed by atoms with Crippen molar-refractivity contribution in [1.29, 1.82) is 0 Å². The summed E-state index contributed by atoms with van der Waals surface area (Å²) in [5.41, 5.74) is 11.6. The van der Waals surface area contributed by atoms with Gasteiger partial charge in [0, 0.05) is 37.2 Å². The summed E-state index contributed by atoms with van der Waals surface area (Å²) >= 11 is 0. The maximum absolute atomic E-state index is 12.4. The number of aryl methyl sites for hydroxylation is 1. The van der Waals surface area contributed by atoms with Crippen LogP contribution in [0.2, 0.25) is 0 Å². The molecule has 132 valence electrons. The molecule has 25 heavy (non-hydrogen) atoms. The van der Waals surface area contributed by atoms with E-state index < -0.39 is 6.03 Å². The minimum Gasteiger partial charge on any atom is -0.351 e. The summed E-state index contributed by atoms with van der Waals surface area (Å²) in [6.07, 6.45) is 3.08. The summed E-state index contributed by atoms with van der Waals surface area (Å²) < 4.78 is 1.86. The van der Waals surface area contributed by atoms with Gasteiger partial charge >= 0.3 is 6.03 Å². The number of carbonyl (C=O) groups excluding carboxylic acids is 3. The quantitative estimate of drug-likeness (QED) is 0.699. The molecule has 1 aliphatic rings. The number of hydrogen-bond acceptors (Lipinski definition) is 3. The number of carbonyl (C=O) groups is 3. The Balaban J connectivity index is 1.63. The molecule has 2 heterocycles. The van der Waals surface area contributed by atoms with Crippen molar-refractivity contribution in [3.8, 4) is 0 Å². The molecule has 0 unspecified atom stereocenters. The molecule has 0 bridgehead atoms. The number of nitrogens with one attached hydrogen (secondary N) is 2. The Morgan fingerprint density at radius 3 is 2.72 bits per heavy atom. The van der Waals surface area contributed by atoms with E-state index in [1.165, 1.54) is 4.90 Å². The number of amides is 4. The number of piperidine rings is 1. The number of hydrogen-bond donors (Lipinski definition) is 3. The Kier molecular flexibility index (Phi) is 4.60. The van der Waals surface area contributed by atoms with Crippen LogP contribution in [0, 0.1) is 5.92 Å². The van der Waals surface area contributed by atoms with Crippen molar-refractivity contribution in [2.45, 2.75) is 12.8 Å². The number of para-hydroxylation sites is 1. The van der Waals surface area contributed by atoms with Crippen molar-refractivity contribution in [1.82, 2.24) is 20.3 Å². The molecule has 2 aromatic rings. The van der Waals surface area contributed by atoms with E-state index in [0.29, 0.717) is 24.9 Å². The standard InChI is InChI=1S/C17H21N5O3/c1-21-10-13(12-6-2-3-7-14(12)21)16(24)20-19-15(23)11-5-4-8-22(9-11)17(18)25/h2-3,6-7,10-11H,4-5,8-9H2,1H3,(H2,18,25)(H,19,23)(H,20,24)/t11-/m1/s1. The van der Waals surface area contributed by atoms with Crippen LogP contribution >= 0.6 is 0 Å². The molecule has 1 aliphatic heterocycles. The molecule has 0 saturated carbocycles. The molecule has 0 spiro atoms. The lowest BCUT2D eigenvalue weighted by Gasteiger charge is -2.30. The summed E-state index contributed by atoms with van der Waals surface area (Å²) in [5.74, 6) is -1.08. The van der Waals surface area contributed by atoms with Crippen LogP contribution in [0.3, 0.4) is 0 Å². The minimum atomic E-state index is -0.530. The van der Waals surface area contributed by atoms with E-state index in [2.05, 4.69) is 10.9 Å². The molecule has 8 heteroatoms. The zero-order chi connectivity index (χ0) is 18.0. The first kappa shape index (κ1) is 16.8. The Bertz CT molecular complexity index is 829. The monoisotopic (exact) mass is 343 g/mol. The maximum atomic E-state index is 12.4. The number of aromatic nitrogens is 1. The largest absolute Gasteiger partial charge is 0.351 e. The molecule has 0 aliphatic carbocycles. The first-order chi connectivity index (χ1) is 12.0. The van der Waals surface area contributed by atoms with E-state index in [0.717, 1.165) is 10.9 Å². The van der Waals surface area contributed by atoms with Gasteiger partial charge in [-0.3, -0.25) is 20.4 Å². The van der Waals surface area contributed by atoms with Crippen LogP contribution in [0.1, 0.15) is 23.2 Å². The van der Waals surface area contributed by atoms with Crippen LogP contribution in [0.5, 0.6) is 0 Å². The summed E-state index contributed by atoms with van der Waals surface area (Å²) in [7, 11) is 1.86. The number of urea groups is 1. The third-order valence-electron chi connectivity index (χ3n) is 4.54. The second kappa shape index (κ2) is 6.84. The van der Waals surface area contributed by atoms with E-state index in [4.69, 9.17) is 5.73 Å². The maximum Gasteiger partial charge on any atom is 0.314 e. The molecule has 1 atom stereocenters. The van der Waals surface area contributed by atoms with Crippen LogP contribution < -0.4 is 16.6 Å². The van der Waals surface area contributed by atoms with Gasteiger partial charge < -0.3 is 15.2 Å². The van der Waals surface area contributed by atoms with Gasteiger partial charge in [0.25, 0.3) is 5.91 Å². The van der Waals surface area contributed by atoms with E-state index in [1.54, 1.807) is 6.20 Å². The Hall–Kier alpha value is -3.03. The van der Waals surface area contributed by atoms with Crippen molar-refractivity contribution in [3.63, 3.8) is 0 Å². The lowest BCUT2D eigenvalue weighted by atomic mass is 9.98. The molecule has 1 fully saturated rings. The van der Waals surface area contributed by atoms with Crippen LogP contribution in [0.4, 0.5) is 4.79 Å². The fourth-order valence-corrected chi connectivity index (χ4v) is 3.20. The van der Waals surface area contributed by atoms with E-state index in [-0.39, 0.29) is 24.3 Å². The normalized spacial score (nSPS) is 17.3. The predicted molar refractivity (Wildman–Crippen MR) is 92.4 cm³/mol. The van der Waals surface area contributed by atoms with E-state index in [9.17, 15) is 14.4 Å². The number of fused-ring (bicyclic) bond motifs is 1. The lowest BCUT2D eigenvalue weighted by Crippen LogP contribution is -2.50. The second-order valence-electron chi connectivity index (χ2n) is 6.24. The summed E-state index contributed by atoms with van der Waals surface area (Å²) in [5, 5.41) is 0.814. The van der Waals surface area contributed by atoms with Crippen LogP contribution in [-0.4, -0.2) is 40.4 Å². The molecule has 4 N–H and O–H groups in total. The number of nitrogens with zero attached hydrogens (tertiary/aromatic N) is 2. The van der Waals surface area contributed by atoms with Crippen LogP contribution in [0.15, 0.2) is 30.5 Å². The summed E-state index contributed by atoms with van der Waals surface area (Å²) in [4.78, 5) is 37.4. The van der Waals surface area contributed by atoms with Gasteiger partial charge in [0.1, 0.15) is 0 Å². The van der Waals surface area contributed by atoms with Crippen LogP contribution in [-0.2, 0) is 11.8 Å². The van der Waals surface area contributed by atoms with Crippen molar-refractivity contribution in [2.24, 2.45) is 18.7 Å². The summed E-state index contributed by atoms with van der Waals surface area (Å²) in [6, 6.07) is 7.01. The average molecular weight is 343 g/mol. The molecule has 3 rings (SSSR count). The molecular formula is C17H21N5O3. The van der Waals surface area contributed by atoms with Crippen molar-refractivity contribution < 1.29 is 14.4 Å². The van der Waals surface area contributed by atoms with Gasteiger partial charge in [0.15, 0.2) is 0 Å². The number of benzene rings is 1. The molecular weight excluding hydrogens is 322 g/mol. The van der Waals surface area contributed by atoms with Gasteiger partial charge in [-0.15, -0.1) is 0 Å². The first-order valence-electron chi connectivity index (χ1n) is 8.16. The first-order valence-corrected chi connectivity index (χ1v) is 8.16. The highest BCUT2D eigenvalue weighted by atomic mass is 16.2. The van der Waals surface area contributed by atoms with Gasteiger partial charge in [-0.05, 0) is 18.9 Å². The molecule has 1 aromatic carbocycles. The SMILES string of the molecule is Cn1cc(C(=O)NNC(=O)[C@@H]2CCCN(C(N)=O)C2)c2ccccc21. The number of likely N-dealkylation sites (tertiary alicyclic amines) is 1. The molecule has 4 amide bonds. The summed E-state index contributed by atoms with van der Waals surface area (Å²) in [6.45, 7) is 0.826. The van der Waals surface area contributed by atoms with Gasteiger partial charge in [0.2, 0.25) is 5.91 Å². The highest BCUT2D eigenvalue weighted by Crippen LogP contribution is 2.20. The molecule has 0 radical (unpaired) electrons. The molecule has 1 saturated heterocycles. The fraction of sp³-hybridized carbons (Fsp3) is 0.353. The molecule has 1 aromatic heterocycles. The molecule has 8 nitrogen and oxygen atoms in total. The zero-order valence-corrected chi connectivity index (χ0v) is 14.0. The number of rotatable bonds is 2. The topological polar surface area (TPSA) is 109 Å². The number of primary amides is 1. The van der Waals surface area contributed by atoms with E-state index in [1.807, 2.05) is 35.9 Å². The Labute approximate surface area is 144 Å². The lowest BCUT2D eigenvalue weighted by molar-refractivity contribution is -0.127. The van der Waals surface area contributed by atoms with Crippen molar-refractivity contribution in [3.05, 3.63) is 36.0 Å². The second-order valence-corrected chi connectivity index (χ2v) is 6.24. The Morgan fingerprint density at radius 1 is 1.20 bits per heavy atom. The van der Waals surface area contributed by atoms with Crippen molar-refractivity contribution >= 4 is 28.7 Å². The fourth-order valence-electron chi connectivity index (χ4n) is 3.20. The number of nitrogens with two attached hydrogens (primary N) is 1. The predicted octanol–water partition coefficient (Wildman–Crippen LogP) is 0.730. The highest BCUT2D eigenvalue weighted by molar-refractivity contribution is 6.07. The van der Waals surface area contributed by atoms with E-state index >= 15 is 0 Å². The minimum absolute atomic E-state index is 0.269. The smallest absolute Gasteiger partial charge is 0.314 e. The van der Waals surface area contributed by atoms with Crippen molar-refractivity contribution in [2.75, 3.05) is 13.1 Å². The van der Waals surface area contributed by atoms with Gasteiger partial charge in [-0.25, -0.2) is 4.79 Å². The van der Waals surface area contributed by atoms with Gasteiger partial charge in [0.05, 0.1) is 11.5 Å². The third kappa shape index (κ3) is 3.42.